The molecule has 1 atom stereocenters. The molecule has 1 unspecified atom stereocenters. The highest BCUT2D eigenvalue weighted by Gasteiger charge is 2.17. The molecule has 7 nitrogen and oxygen atoms in total. The van der Waals surface area contributed by atoms with Gasteiger partial charge in [-0.15, -0.1) is 0 Å². The Morgan fingerprint density at radius 2 is 1.86 bits per heavy atom. The molecule has 1 aliphatic rings. The number of hydrogen-bond donors (Lipinski definition) is 2. The van der Waals surface area contributed by atoms with Gasteiger partial charge in [0.2, 0.25) is 0 Å². The van der Waals surface area contributed by atoms with Crippen molar-refractivity contribution in [3.05, 3.63) is 53.6 Å². The molecule has 0 aliphatic carbocycles. The number of anilines is 1. The van der Waals surface area contributed by atoms with E-state index in [-0.39, 0.29) is 17.9 Å². The molecule has 2 aromatic rings. The highest BCUT2D eigenvalue weighted by molar-refractivity contribution is 6.06. The summed E-state index contributed by atoms with van der Waals surface area (Å²) in [5.74, 6) is 0.544. The van der Waals surface area contributed by atoms with Crippen LogP contribution in [0.2, 0.25) is 0 Å². The lowest BCUT2D eigenvalue weighted by Gasteiger charge is -2.13. The Kier molecular flexibility index (Phi) is 6.49. The Balaban J connectivity index is 1.67. The summed E-state index contributed by atoms with van der Waals surface area (Å²) in [6.07, 6.45) is 2.04. The minimum atomic E-state index is -0.336. The molecule has 1 aliphatic heterocycles. The molecule has 2 N–H and O–H groups in total. The average molecular weight is 384 g/mol. The lowest BCUT2D eigenvalue weighted by Crippen LogP contribution is -2.31. The lowest BCUT2D eigenvalue weighted by atomic mass is 10.1. The number of hydrogen-bond acceptors (Lipinski definition) is 5. The fourth-order valence-corrected chi connectivity index (χ4v) is 3.01. The van der Waals surface area contributed by atoms with Crippen LogP contribution in [0.15, 0.2) is 42.5 Å². The fraction of sp³-hybridized carbons (Fsp3) is 0.333. The summed E-state index contributed by atoms with van der Waals surface area (Å²) in [5.41, 5.74) is 1.32. The molecule has 0 spiro atoms. The van der Waals surface area contributed by atoms with Gasteiger partial charge in [-0.25, -0.2) is 0 Å². The summed E-state index contributed by atoms with van der Waals surface area (Å²) in [7, 11) is 3.08. The second-order valence-electron chi connectivity index (χ2n) is 6.45. The maximum Gasteiger partial charge on any atom is 0.255 e. The van der Waals surface area contributed by atoms with Crippen molar-refractivity contribution in [3.63, 3.8) is 0 Å². The number of benzene rings is 2. The maximum absolute atomic E-state index is 12.6. The van der Waals surface area contributed by atoms with Crippen LogP contribution >= 0.6 is 0 Å². The third kappa shape index (κ3) is 4.80. The van der Waals surface area contributed by atoms with E-state index in [2.05, 4.69) is 10.6 Å². The topological polar surface area (TPSA) is 85.9 Å². The van der Waals surface area contributed by atoms with Gasteiger partial charge in [0.05, 0.1) is 26.0 Å². The van der Waals surface area contributed by atoms with E-state index in [1.165, 1.54) is 7.11 Å². The third-order valence-electron chi connectivity index (χ3n) is 4.56. The Morgan fingerprint density at radius 1 is 1.07 bits per heavy atom. The zero-order chi connectivity index (χ0) is 19.9. The molecule has 0 radical (unpaired) electrons. The predicted molar refractivity (Wildman–Crippen MR) is 105 cm³/mol. The number of ether oxygens (including phenoxy) is 3. The summed E-state index contributed by atoms with van der Waals surface area (Å²) in [5, 5.41) is 5.66. The van der Waals surface area contributed by atoms with Crippen LogP contribution in [0, 0.1) is 0 Å². The Morgan fingerprint density at radius 3 is 2.54 bits per heavy atom. The molecule has 2 amide bonds. The number of amides is 2. The first-order chi connectivity index (χ1) is 13.6. The molecule has 1 heterocycles. The van der Waals surface area contributed by atoms with Gasteiger partial charge in [0, 0.05) is 30.3 Å². The fourth-order valence-electron chi connectivity index (χ4n) is 3.01. The van der Waals surface area contributed by atoms with E-state index < -0.39 is 0 Å². The van der Waals surface area contributed by atoms with E-state index in [4.69, 9.17) is 14.2 Å². The van der Waals surface area contributed by atoms with Crippen LogP contribution in [0.1, 0.15) is 33.6 Å². The average Bonchev–Trinajstić information content (AvgIpc) is 3.26. The third-order valence-corrected chi connectivity index (χ3v) is 4.56. The SMILES string of the molecule is COc1ccc(NC(=O)c2cccc(C(=O)NCC3CCCO3)c2)c(OC)c1. The van der Waals surface area contributed by atoms with E-state index in [9.17, 15) is 9.59 Å². The van der Waals surface area contributed by atoms with Gasteiger partial charge in [0.25, 0.3) is 11.8 Å². The molecule has 28 heavy (non-hydrogen) atoms. The largest absolute Gasteiger partial charge is 0.497 e. The van der Waals surface area contributed by atoms with E-state index in [1.807, 2.05) is 0 Å². The van der Waals surface area contributed by atoms with E-state index in [0.717, 1.165) is 19.4 Å². The second-order valence-corrected chi connectivity index (χ2v) is 6.45. The highest BCUT2D eigenvalue weighted by atomic mass is 16.5. The summed E-state index contributed by atoms with van der Waals surface area (Å²) in [4.78, 5) is 25.0. The van der Waals surface area contributed by atoms with Crippen LogP contribution in [0.5, 0.6) is 11.5 Å². The molecule has 7 heteroatoms. The van der Waals surface area contributed by atoms with Crippen molar-refractivity contribution in [2.45, 2.75) is 18.9 Å². The van der Waals surface area contributed by atoms with Crippen molar-refractivity contribution in [2.75, 3.05) is 32.7 Å². The minimum absolute atomic E-state index is 0.0676. The number of carbonyl (C=O) groups is 2. The first-order valence-electron chi connectivity index (χ1n) is 9.14. The molecule has 3 rings (SSSR count). The zero-order valence-corrected chi connectivity index (χ0v) is 16.0. The van der Waals surface area contributed by atoms with Gasteiger partial charge in [0.15, 0.2) is 0 Å². The van der Waals surface area contributed by atoms with Crippen molar-refractivity contribution in [2.24, 2.45) is 0 Å². The Bertz CT molecular complexity index is 846. The van der Waals surface area contributed by atoms with Crippen LogP contribution in [-0.4, -0.2) is 45.3 Å². The molecule has 2 aromatic carbocycles. The molecule has 1 saturated heterocycles. The Labute approximate surface area is 164 Å². The van der Waals surface area contributed by atoms with Crippen LogP contribution < -0.4 is 20.1 Å². The van der Waals surface area contributed by atoms with Crippen molar-refractivity contribution in [3.8, 4) is 11.5 Å². The van der Waals surface area contributed by atoms with Crippen LogP contribution in [0.25, 0.3) is 0 Å². The van der Waals surface area contributed by atoms with Crippen molar-refractivity contribution >= 4 is 17.5 Å². The number of methoxy groups -OCH3 is 2. The molecule has 0 bridgehead atoms. The van der Waals surface area contributed by atoms with Gasteiger partial charge in [-0.3, -0.25) is 9.59 Å². The monoisotopic (exact) mass is 384 g/mol. The van der Waals surface area contributed by atoms with Crippen LogP contribution in [0.4, 0.5) is 5.69 Å². The first kappa shape index (κ1) is 19.7. The summed E-state index contributed by atoms with van der Waals surface area (Å²) >= 11 is 0. The van der Waals surface area contributed by atoms with E-state index in [0.29, 0.717) is 34.9 Å². The number of rotatable bonds is 7. The molecule has 148 valence electrons. The maximum atomic E-state index is 12.6. The molecular weight excluding hydrogens is 360 g/mol. The van der Waals surface area contributed by atoms with Crippen molar-refractivity contribution in [1.29, 1.82) is 0 Å². The Hall–Kier alpha value is -3.06. The molecule has 1 fully saturated rings. The molecule has 0 aromatic heterocycles. The number of carbonyl (C=O) groups excluding carboxylic acids is 2. The zero-order valence-electron chi connectivity index (χ0n) is 16.0. The van der Waals surface area contributed by atoms with Gasteiger partial charge < -0.3 is 24.8 Å². The standard InChI is InChI=1S/C21H24N2O5/c1-26-16-8-9-18(19(12-16)27-2)23-21(25)15-6-3-5-14(11-15)20(24)22-13-17-7-4-10-28-17/h3,5-6,8-9,11-12,17H,4,7,10,13H2,1-2H3,(H,22,24)(H,23,25). The first-order valence-corrected chi connectivity index (χ1v) is 9.14. The van der Waals surface area contributed by atoms with Gasteiger partial charge in [-0.1, -0.05) is 6.07 Å². The highest BCUT2D eigenvalue weighted by Crippen LogP contribution is 2.29. The van der Waals surface area contributed by atoms with Gasteiger partial charge in [-0.2, -0.15) is 0 Å². The van der Waals surface area contributed by atoms with E-state index >= 15 is 0 Å². The minimum Gasteiger partial charge on any atom is -0.497 e. The van der Waals surface area contributed by atoms with Gasteiger partial charge in [0.1, 0.15) is 11.5 Å². The van der Waals surface area contributed by atoms with Crippen LogP contribution in [0.3, 0.4) is 0 Å². The molecule has 0 saturated carbocycles. The van der Waals surface area contributed by atoms with Crippen LogP contribution in [-0.2, 0) is 4.74 Å². The summed E-state index contributed by atoms with van der Waals surface area (Å²) < 4.78 is 16.0. The lowest BCUT2D eigenvalue weighted by molar-refractivity contribution is 0.0858. The van der Waals surface area contributed by atoms with Gasteiger partial charge >= 0.3 is 0 Å². The summed E-state index contributed by atoms with van der Waals surface area (Å²) in [6.45, 7) is 1.21. The van der Waals surface area contributed by atoms with Crippen molar-refractivity contribution < 1.29 is 23.8 Å². The normalized spacial score (nSPS) is 15.7. The summed E-state index contributed by atoms with van der Waals surface area (Å²) in [6, 6.07) is 11.7. The van der Waals surface area contributed by atoms with E-state index in [1.54, 1.807) is 49.6 Å². The van der Waals surface area contributed by atoms with Crippen molar-refractivity contribution in [1.82, 2.24) is 5.32 Å². The second kappa shape index (κ2) is 9.23. The smallest absolute Gasteiger partial charge is 0.255 e. The molecular formula is C21H24N2O5. The predicted octanol–water partition coefficient (Wildman–Crippen LogP) is 2.86. The quantitative estimate of drug-likeness (QED) is 0.767. The van der Waals surface area contributed by atoms with Gasteiger partial charge in [-0.05, 0) is 43.2 Å². The number of nitrogens with one attached hydrogen (secondary N) is 2.